The van der Waals surface area contributed by atoms with E-state index >= 15 is 0 Å². The van der Waals surface area contributed by atoms with Gasteiger partial charge in [-0.05, 0) is 104 Å². The summed E-state index contributed by atoms with van der Waals surface area (Å²) >= 11 is 2.31. The number of Topliss-reactive ketones (excluding diaryl/α,β-unsaturated/α-hetero) is 6. The monoisotopic (exact) mass is 1380 g/mol. The van der Waals surface area contributed by atoms with Gasteiger partial charge in [-0.3, -0.25) is 62.3 Å². The number of aldehydes is 1. The number of nitrogens with one attached hydrogen (secondary N) is 6. The van der Waals surface area contributed by atoms with Gasteiger partial charge in [0.25, 0.3) is 0 Å². The average molecular weight is 1380 g/mol. The van der Waals surface area contributed by atoms with E-state index in [2.05, 4.69) is 41.9 Å². The van der Waals surface area contributed by atoms with Crippen molar-refractivity contribution in [2.24, 2.45) is 23.7 Å². The van der Waals surface area contributed by atoms with Crippen LogP contribution in [0.15, 0.2) is 60.9 Å². The molecule has 0 saturated carbocycles. The van der Waals surface area contributed by atoms with Crippen LogP contribution in [-0.4, -0.2) is 159 Å². The minimum Gasteiger partial charge on any atom is -1.00 e. The Morgan fingerprint density at radius 2 is 0.854 bits per heavy atom. The molecule has 0 saturated heterocycles. The predicted molar refractivity (Wildman–Crippen MR) is 357 cm³/mol. The Bertz CT molecular complexity index is 3290. The standard InChI is InChI=1S/C33H46N4O9S.C33H44N4O9S.B.Na.H/c2*1-19(13-24(40)16-34-32-35-17-25(18-38)47-32)30(44)36-21(3)28(42)14-20(2)31(45)37-26(15-22-7-9-23(39)10-8-22)27(41)11-12-29(43)46-33(4,5)6;;;/h7-10,17,19-21,26,38-39H,11-16,18H2,1-6H3,(H,34,35)(H,36,44)(H,37,45);7-10,17-21,26,39H,11-16H2,1-6H3,(H,34,35)(H,36,44)(H,37,45);;;/q;;;+1;-1/t2*19-,20-,21+,26+;;;/m11.../s1. The second-order valence-electron chi connectivity index (χ2n) is 25.0. The van der Waals surface area contributed by atoms with Crippen LogP contribution in [0.1, 0.15) is 162 Å². The molecule has 4 amide bonds. The number of ether oxygens (including phenoxy) is 2. The number of anilines is 2. The van der Waals surface area contributed by atoms with Gasteiger partial charge in [-0.25, -0.2) is 9.97 Å². The van der Waals surface area contributed by atoms with Crippen molar-refractivity contribution < 1.29 is 118 Å². The minimum atomic E-state index is -1.00. The van der Waals surface area contributed by atoms with Crippen LogP contribution in [0.3, 0.4) is 0 Å². The zero-order valence-electron chi connectivity index (χ0n) is 57.9. The maximum atomic E-state index is 13.1. The molecule has 2 heterocycles. The molecule has 0 aliphatic heterocycles. The number of phenols is 2. The summed E-state index contributed by atoms with van der Waals surface area (Å²) < 4.78 is 10.5. The van der Waals surface area contributed by atoms with Crippen molar-refractivity contribution in [1.29, 1.82) is 0 Å². The van der Waals surface area contributed by atoms with Gasteiger partial charge in [0.05, 0.1) is 72.7 Å². The average Bonchev–Trinajstić information content (AvgIpc) is 1.74. The smallest absolute Gasteiger partial charge is 1.00 e. The van der Waals surface area contributed by atoms with Crippen molar-refractivity contribution in [3.05, 3.63) is 81.8 Å². The van der Waals surface area contributed by atoms with Crippen molar-refractivity contribution in [3.8, 4) is 11.5 Å². The van der Waals surface area contributed by atoms with E-state index in [1.165, 1.54) is 75.7 Å². The Kier molecular flexibility index (Phi) is 38.0. The summed E-state index contributed by atoms with van der Waals surface area (Å²) in [5.74, 6) is -8.34. The van der Waals surface area contributed by atoms with Gasteiger partial charge in [-0.1, -0.05) is 74.6 Å². The molecule has 30 heteroatoms. The summed E-state index contributed by atoms with van der Waals surface area (Å²) in [5.41, 5.74) is -0.0872. The molecule has 0 fully saturated rings. The molecule has 0 aliphatic carbocycles. The van der Waals surface area contributed by atoms with Crippen molar-refractivity contribution in [3.63, 3.8) is 0 Å². The first-order chi connectivity index (χ1) is 43.9. The van der Waals surface area contributed by atoms with Crippen molar-refractivity contribution >= 4 is 118 Å². The van der Waals surface area contributed by atoms with Gasteiger partial charge in [0.15, 0.2) is 51.2 Å². The molecule has 3 radical (unpaired) electrons. The quantitative estimate of drug-likeness (QED) is 0.0177. The molecule has 96 heavy (non-hydrogen) atoms. The number of esters is 2. The normalized spacial score (nSPS) is 13.5. The number of phenolic OH excluding ortho intramolecular Hbond substituents is 2. The van der Waals surface area contributed by atoms with E-state index in [1.807, 2.05) is 0 Å². The van der Waals surface area contributed by atoms with E-state index in [4.69, 9.17) is 14.6 Å². The maximum absolute atomic E-state index is 13.1. The summed E-state index contributed by atoms with van der Waals surface area (Å²) in [5, 5.41) is 45.5. The molecule has 0 unspecified atom stereocenters. The number of carbonyl (C=O) groups is 13. The molecule has 519 valence electrons. The SMILES string of the molecule is C[C@H](CC(=O)CNc1ncc(C=O)s1)C(=O)N[C@@H](C)C(=O)C[C@@H](C)C(=O)N[C@@H](Cc1ccc(O)cc1)C(=O)CCC(=O)OC(C)(C)C.C[C@H](CC(=O)CNc1ncc(CO)s1)C(=O)N[C@@H](C)C(=O)C[C@@H](C)C(=O)N[C@@H](Cc1ccc(O)cc1)C(=O)CCC(=O)OC(C)(C)C.[B].[H-].[Na+]. The summed E-state index contributed by atoms with van der Waals surface area (Å²) in [6.07, 6.45) is 2.47. The maximum Gasteiger partial charge on any atom is 1.00 e. The number of aliphatic hydroxyl groups is 1. The van der Waals surface area contributed by atoms with Crippen LogP contribution in [0.2, 0.25) is 0 Å². The molecule has 26 nitrogen and oxygen atoms in total. The molecule has 4 rings (SSSR count). The Morgan fingerprint density at radius 3 is 1.19 bits per heavy atom. The number of aromatic hydroxyl groups is 2. The number of rotatable bonds is 38. The number of aliphatic hydroxyl groups excluding tert-OH is 1. The Morgan fingerprint density at radius 1 is 0.510 bits per heavy atom. The summed E-state index contributed by atoms with van der Waals surface area (Å²) in [6.45, 7) is 19.2. The third-order valence-corrected chi connectivity index (χ3v) is 15.8. The van der Waals surface area contributed by atoms with E-state index < -0.39 is 118 Å². The van der Waals surface area contributed by atoms with Crippen LogP contribution in [0.25, 0.3) is 0 Å². The van der Waals surface area contributed by atoms with Crippen molar-refractivity contribution in [2.75, 3.05) is 23.7 Å². The number of ketones is 6. The number of aromatic nitrogens is 2. The molecule has 9 N–H and O–H groups in total. The van der Waals surface area contributed by atoms with E-state index in [9.17, 15) is 72.5 Å². The fourth-order valence-corrected chi connectivity index (χ4v) is 9.99. The number of hydrogen-bond donors (Lipinski definition) is 9. The fraction of sp³-hybridized carbons (Fsp3) is 0.530. The molecular weight excluding hydrogens is 1290 g/mol. The van der Waals surface area contributed by atoms with Gasteiger partial charge in [0.2, 0.25) is 23.6 Å². The van der Waals surface area contributed by atoms with Gasteiger partial charge in [0.1, 0.15) is 22.7 Å². The zero-order chi connectivity index (χ0) is 70.6. The Labute approximate surface area is 593 Å². The summed E-state index contributed by atoms with van der Waals surface area (Å²) in [7, 11) is 0. The van der Waals surface area contributed by atoms with Gasteiger partial charge >= 0.3 is 41.5 Å². The van der Waals surface area contributed by atoms with Crippen LogP contribution in [-0.2, 0) is 86.5 Å². The van der Waals surface area contributed by atoms with Crippen molar-refractivity contribution in [1.82, 2.24) is 31.2 Å². The molecule has 0 spiro atoms. The third-order valence-electron chi connectivity index (χ3n) is 13.9. The number of amides is 4. The minimum absolute atomic E-state index is 0. The number of thiazole rings is 2. The van der Waals surface area contributed by atoms with E-state index in [0.717, 1.165) is 11.3 Å². The van der Waals surface area contributed by atoms with Gasteiger partial charge in [0, 0.05) is 76.8 Å². The molecule has 2 aromatic carbocycles. The molecule has 2 aromatic heterocycles. The van der Waals surface area contributed by atoms with Crippen molar-refractivity contribution in [2.45, 2.75) is 189 Å². The second-order valence-corrected chi connectivity index (χ2v) is 27.2. The first-order valence-electron chi connectivity index (χ1n) is 30.7. The molecule has 0 aliphatic rings. The van der Waals surface area contributed by atoms with Crippen LogP contribution < -0.4 is 61.5 Å². The number of carbonyl (C=O) groups excluding carboxylic acids is 13. The second kappa shape index (κ2) is 42.2. The van der Waals surface area contributed by atoms with Gasteiger partial charge in [-0.15, -0.1) is 0 Å². The summed E-state index contributed by atoms with van der Waals surface area (Å²) in [4.78, 5) is 173. The van der Waals surface area contributed by atoms with E-state index in [1.54, 1.807) is 79.7 Å². The number of benzene rings is 2. The molecule has 0 bridgehead atoms. The molecule has 8 atom stereocenters. The van der Waals surface area contributed by atoms with Crippen LogP contribution in [0, 0.1) is 23.7 Å². The number of nitrogens with zero attached hydrogens (tertiary/aromatic N) is 2. The Hall–Kier alpha value is -7.57. The topological polar surface area (TPSA) is 399 Å². The Balaban J connectivity index is 0.00000184. The van der Waals surface area contributed by atoms with Crippen LogP contribution >= 0.6 is 22.7 Å². The molecule has 4 aromatic rings. The fourth-order valence-electron chi connectivity index (χ4n) is 8.70. The van der Waals surface area contributed by atoms with Gasteiger partial charge < -0.3 is 58.1 Å². The predicted octanol–water partition coefficient (Wildman–Crippen LogP) is 2.79. The van der Waals surface area contributed by atoms with E-state index in [0.29, 0.717) is 37.4 Å². The summed E-state index contributed by atoms with van der Waals surface area (Å²) in [6, 6.07) is 8.44. The number of hydrogen-bond acceptors (Lipinski definition) is 24. The largest absolute Gasteiger partial charge is 1.00 e. The first-order valence-corrected chi connectivity index (χ1v) is 32.4. The molecular formula is C66H91BN8NaO18S2. The zero-order valence-corrected chi connectivity index (χ0v) is 60.5. The third kappa shape index (κ3) is 33.9. The van der Waals surface area contributed by atoms with Gasteiger partial charge in [-0.2, -0.15) is 0 Å². The van der Waals surface area contributed by atoms with Crippen LogP contribution in [0.5, 0.6) is 11.5 Å². The first kappa shape index (κ1) is 86.4. The van der Waals surface area contributed by atoms with E-state index in [-0.39, 0.29) is 146 Å². The van der Waals surface area contributed by atoms with Crippen LogP contribution in [0.4, 0.5) is 10.3 Å².